The molecule has 37 heavy (non-hydrogen) atoms. The lowest BCUT2D eigenvalue weighted by Crippen LogP contribution is -2.13. The van der Waals surface area contributed by atoms with Crippen molar-refractivity contribution in [2.75, 3.05) is 14.2 Å². The lowest BCUT2D eigenvalue weighted by Gasteiger charge is -2.25. The van der Waals surface area contributed by atoms with Crippen LogP contribution < -0.4 is 9.47 Å². The molecule has 0 atom stereocenters. The lowest BCUT2D eigenvalue weighted by molar-refractivity contribution is 0.406. The Bertz CT molecular complexity index is 1080. The minimum Gasteiger partial charge on any atom is -0.496 e. The Kier molecular flexibility index (Phi) is 10.4. The Morgan fingerprint density at radius 1 is 0.595 bits per heavy atom. The first-order valence-electron chi connectivity index (χ1n) is 14.3. The number of fused-ring (bicyclic) bond motifs is 4. The van der Waals surface area contributed by atoms with Crippen molar-refractivity contribution in [3.63, 3.8) is 0 Å². The summed E-state index contributed by atoms with van der Waals surface area (Å²) in [6, 6.07) is 9.37. The third-order valence-electron chi connectivity index (χ3n) is 7.68. The summed E-state index contributed by atoms with van der Waals surface area (Å²) in [5, 5.41) is 0. The van der Waals surface area contributed by atoms with Crippen LogP contribution in [0.5, 0.6) is 11.5 Å². The van der Waals surface area contributed by atoms with Crippen LogP contribution in [0, 0.1) is 0 Å². The Labute approximate surface area is 235 Å². The standard InChI is InChI=1S/C34H49BrO2/c1-33(2,3)27-19-24-17-15-13-11-9-10-12-14-16-18-25-20-28(34(4,5)6)23-29(32(25)37-8)30(35)22-26(21-27)31(24)36-7/h19-23H,9-18H2,1-8H3/b30-22+. The quantitative estimate of drug-likeness (QED) is 0.358. The van der Waals surface area contributed by atoms with E-state index in [2.05, 4.69) is 87.8 Å². The maximum atomic E-state index is 6.09. The summed E-state index contributed by atoms with van der Waals surface area (Å²) in [6.45, 7) is 13.8. The van der Waals surface area contributed by atoms with Gasteiger partial charge >= 0.3 is 0 Å². The Morgan fingerprint density at radius 2 is 1.03 bits per heavy atom. The van der Waals surface area contributed by atoms with Gasteiger partial charge in [-0.25, -0.2) is 0 Å². The summed E-state index contributed by atoms with van der Waals surface area (Å²) in [5.74, 6) is 1.99. The van der Waals surface area contributed by atoms with E-state index in [-0.39, 0.29) is 10.8 Å². The van der Waals surface area contributed by atoms with E-state index < -0.39 is 0 Å². The van der Waals surface area contributed by atoms with E-state index in [4.69, 9.17) is 9.47 Å². The van der Waals surface area contributed by atoms with E-state index in [1.807, 2.05) is 14.2 Å². The molecule has 204 valence electrons. The van der Waals surface area contributed by atoms with Crippen molar-refractivity contribution in [1.82, 2.24) is 0 Å². The van der Waals surface area contributed by atoms with Gasteiger partial charge in [0.15, 0.2) is 0 Å². The Morgan fingerprint density at radius 3 is 1.49 bits per heavy atom. The Hall–Kier alpha value is -1.74. The molecule has 0 fully saturated rings. The summed E-state index contributed by atoms with van der Waals surface area (Å²) < 4.78 is 13.2. The zero-order valence-corrected chi connectivity index (χ0v) is 26.2. The average molecular weight is 570 g/mol. The highest BCUT2D eigenvalue weighted by Gasteiger charge is 2.22. The molecular formula is C34H49BrO2. The van der Waals surface area contributed by atoms with Crippen molar-refractivity contribution in [1.29, 1.82) is 0 Å². The van der Waals surface area contributed by atoms with Crippen molar-refractivity contribution < 1.29 is 9.47 Å². The smallest absolute Gasteiger partial charge is 0.130 e. The van der Waals surface area contributed by atoms with Crippen molar-refractivity contribution in [3.8, 4) is 11.5 Å². The van der Waals surface area contributed by atoms with Crippen LogP contribution in [-0.4, -0.2) is 14.2 Å². The van der Waals surface area contributed by atoms with Crippen molar-refractivity contribution in [2.24, 2.45) is 0 Å². The number of aryl methyl sites for hydroxylation is 2. The average Bonchev–Trinajstić information content (AvgIpc) is 2.82. The van der Waals surface area contributed by atoms with Crippen LogP contribution in [0.15, 0.2) is 24.3 Å². The maximum Gasteiger partial charge on any atom is 0.130 e. The van der Waals surface area contributed by atoms with Crippen LogP contribution in [-0.2, 0) is 23.7 Å². The molecular weight excluding hydrogens is 520 g/mol. The topological polar surface area (TPSA) is 18.5 Å². The molecule has 1 aliphatic rings. The van der Waals surface area contributed by atoms with Gasteiger partial charge in [-0.3, -0.25) is 0 Å². The number of hydrogen-bond acceptors (Lipinski definition) is 2. The van der Waals surface area contributed by atoms with Crippen LogP contribution in [0.2, 0.25) is 0 Å². The fraction of sp³-hybridized carbons (Fsp3) is 0.588. The molecule has 4 bridgehead atoms. The molecule has 0 saturated carbocycles. The highest BCUT2D eigenvalue weighted by molar-refractivity contribution is 9.15. The predicted molar refractivity (Wildman–Crippen MR) is 165 cm³/mol. The largest absolute Gasteiger partial charge is 0.496 e. The lowest BCUT2D eigenvalue weighted by atomic mass is 9.83. The first-order valence-corrected chi connectivity index (χ1v) is 15.1. The molecule has 0 saturated heterocycles. The van der Waals surface area contributed by atoms with Gasteiger partial charge in [-0.05, 0) is 77.0 Å². The number of hydrogen-bond donors (Lipinski definition) is 0. The first-order chi connectivity index (χ1) is 17.5. The summed E-state index contributed by atoms with van der Waals surface area (Å²) in [6.07, 6.45) is 14.7. The molecule has 3 heteroatoms. The second-order valence-corrected chi connectivity index (χ2v) is 13.6. The summed E-state index contributed by atoms with van der Waals surface area (Å²) in [4.78, 5) is 0. The number of rotatable bonds is 2. The monoisotopic (exact) mass is 568 g/mol. The van der Waals surface area contributed by atoms with Crippen molar-refractivity contribution in [2.45, 2.75) is 117 Å². The van der Waals surface area contributed by atoms with E-state index in [0.29, 0.717) is 0 Å². The van der Waals surface area contributed by atoms with E-state index in [1.165, 1.54) is 73.6 Å². The SMILES string of the molecule is COc1c2cc(C(C)(C)C)cc1CCCCCCCCCCc1cc(C(C)(C)C)cc(c1OC)/C(Br)=C\2. The molecule has 0 aliphatic heterocycles. The molecule has 0 spiro atoms. The maximum absolute atomic E-state index is 6.09. The van der Waals surface area contributed by atoms with E-state index in [9.17, 15) is 0 Å². The molecule has 0 unspecified atom stereocenters. The fourth-order valence-electron chi connectivity index (χ4n) is 5.32. The third-order valence-corrected chi connectivity index (χ3v) is 8.34. The highest BCUT2D eigenvalue weighted by atomic mass is 79.9. The molecule has 0 heterocycles. The molecule has 0 amide bonds. The van der Waals surface area contributed by atoms with Gasteiger partial charge in [0.2, 0.25) is 0 Å². The van der Waals surface area contributed by atoms with Gasteiger partial charge in [0.1, 0.15) is 11.5 Å². The molecule has 2 aromatic carbocycles. The second kappa shape index (κ2) is 12.9. The highest BCUT2D eigenvalue weighted by Crippen LogP contribution is 2.41. The zero-order valence-electron chi connectivity index (χ0n) is 24.7. The van der Waals surface area contributed by atoms with E-state index in [0.717, 1.165) is 39.9 Å². The number of methoxy groups -OCH3 is 2. The minimum atomic E-state index is 0.0526. The number of halogens is 1. The normalized spacial score (nSPS) is 17.8. The third kappa shape index (κ3) is 7.88. The van der Waals surface area contributed by atoms with Crippen LogP contribution in [0.25, 0.3) is 10.6 Å². The predicted octanol–water partition coefficient (Wildman–Crippen LogP) is 10.4. The molecule has 2 aromatic rings. The molecule has 0 aromatic heterocycles. The first kappa shape index (κ1) is 29.8. The van der Waals surface area contributed by atoms with Crippen LogP contribution in [0.3, 0.4) is 0 Å². The minimum absolute atomic E-state index is 0.0526. The molecule has 1 aliphatic carbocycles. The van der Waals surface area contributed by atoms with Gasteiger partial charge in [-0.2, -0.15) is 0 Å². The Balaban J connectivity index is 2.24. The number of ether oxygens (including phenoxy) is 2. The summed E-state index contributed by atoms with van der Waals surface area (Å²) >= 11 is 3.99. The van der Waals surface area contributed by atoms with Gasteiger partial charge < -0.3 is 9.47 Å². The van der Waals surface area contributed by atoms with Gasteiger partial charge in [0.05, 0.1) is 14.2 Å². The van der Waals surface area contributed by atoms with Crippen LogP contribution in [0.1, 0.15) is 126 Å². The van der Waals surface area contributed by atoms with Crippen LogP contribution in [0.4, 0.5) is 0 Å². The molecule has 0 radical (unpaired) electrons. The van der Waals surface area contributed by atoms with Crippen LogP contribution >= 0.6 is 15.9 Å². The fourth-order valence-corrected chi connectivity index (χ4v) is 5.86. The van der Waals surface area contributed by atoms with Crippen molar-refractivity contribution >= 4 is 26.5 Å². The second-order valence-electron chi connectivity index (χ2n) is 12.8. The van der Waals surface area contributed by atoms with Gasteiger partial charge in [0, 0.05) is 15.6 Å². The van der Waals surface area contributed by atoms with Gasteiger partial charge in [-0.1, -0.05) is 108 Å². The summed E-state index contributed by atoms with van der Waals surface area (Å²) in [5.41, 5.74) is 7.68. The van der Waals surface area contributed by atoms with Gasteiger partial charge in [0.25, 0.3) is 0 Å². The summed E-state index contributed by atoms with van der Waals surface area (Å²) in [7, 11) is 3.62. The number of benzene rings is 2. The van der Waals surface area contributed by atoms with Gasteiger partial charge in [-0.15, -0.1) is 0 Å². The zero-order chi connectivity index (χ0) is 27.2. The van der Waals surface area contributed by atoms with E-state index >= 15 is 0 Å². The molecule has 0 N–H and O–H groups in total. The molecule has 2 nitrogen and oxygen atoms in total. The molecule has 3 rings (SSSR count). The van der Waals surface area contributed by atoms with Crippen molar-refractivity contribution in [3.05, 3.63) is 57.6 Å². The van der Waals surface area contributed by atoms with E-state index in [1.54, 1.807) is 0 Å².